The average Bonchev–Trinajstić information content (AvgIpc) is 2.22. The van der Waals surface area contributed by atoms with Crippen LogP contribution in [0.2, 0.25) is 0 Å². The van der Waals surface area contributed by atoms with Gasteiger partial charge in [0.15, 0.2) is 6.61 Å². The fourth-order valence-corrected chi connectivity index (χ4v) is 0.784. The van der Waals surface area contributed by atoms with E-state index < -0.39 is 37.5 Å². The molecule has 0 aromatic rings. The van der Waals surface area contributed by atoms with Crippen LogP contribution in [-0.2, 0) is 18.9 Å². The Kier molecular flexibility index (Phi) is 6.32. The molecular formula is C8H7F9O5. The highest BCUT2D eigenvalue weighted by molar-refractivity contribution is 5.59. The Morgan fingerprint density at radius 2 is 1.27 bits per heavy atom. The Labute approximate surface area is 115 Å². The number of hydrogen-bond donors (Lipinski definition) is 0. The molecule has 0 fully saturated rings. The second-order valence-corrected chi connectivity index (χ2v) is 3.29. The normalized spacial score (nSPS) is 13.9. The minimum absolute atomic E-state index is 0.348. The van der Waals surface area contributed by atoms with Gasteiger partial charge in [0.2, 0.25) is 0 Å². The summed E-state index contributed by atoms with van der Waals surface area (Å²) in [6, 6.07) is 0. The Balaban J connectivity index is 4.82. The Morgan fingerprint density at radius 3 is 1.68 bits per heavy atom. The van der Waals surface area contributed by atoms with Crippen molar-refractivity contribution in [2.75, 3.05) is 13.2 Å². The van der Waals surface area contributed by atoms with E-state index in [9.17, 15) is 44.3 Å². The predicted molar refractivity (Wildman–Crippen MR) is 46.0 cm³/mol. The summed E-state index contributed by atoms with van der Waals surface area (Å²) in [5.74, 6) is 0. The molecule has 5 nitrogen and oxygen atoms in total. The van der Waals surface area contributed by atoms with Crippen LogP contribution in [0.5, 0.6) is 0 Å². The van der Waals surface area contributed by atoms with Gasteiger partial charge >= 0.3 is 30.8 Å². The molecule has 0 aliphatic carbocycles. The minimum Gasteiger partial charge on any atom is -0.435 e. The zero-order valence-corrected chi connectivity index (χ0v) is 10.4. The maximum absolute atomic E-state index is 12.8. The molecular weight excluding hydrogens is 347 g/mol. The van der Waals surface area contributed by atoms with Crippen molar-refractivity contribution in [3.8, 4) is 0 Å². The quantitative estimate of drug-likeness (QED) is 0.518. The second-order valence-electron chi connectivity index (χ2n) is 3.29. The molecule has 0 amide bonds. The molecule has 0 aliphatic rings. The monoisotopic (exact) mass is 354 g/mol. The molecule has 0 spiro atoms. The van der Waals surface area contributed by atoms with Gasteiger partial charge in [-0.05, 0) is 6.92 Å². The molecule has 14 heteroatoms. The molecule has 0 aliphatic heterocycles. The molecule has 0 atom stereocenters. The summed E-state index contributed by atoms with van der Waals surface area (Å²) >= 11 is 0. The number of ether oxygens (including phenoxy) is 4. The highest BCUT2D eigenvalue weighted by Gasteiger charge is 2.68. The first kappa shape index (κ1) is 20.6. The smallest absolute Gasteiger partial charge is 0.435 e. The Hall–Kier alpha value is -1.44. The lowest BCUT2D eigenvalue weighted by Crippen LogP contribution is -2.52. The molecule has 0 aromatic carbocycles. The van der Waals surface area contributed by atoms with Crippen molar-refractivity contribution in [1.82, 2.24) is 0 Å². The number of carbonyl (C=O) groups excluding carboxylic acids is 1. The third-order valence-electron chi connectivity index (χ3n) is 1.48. The molecule has 0 unspecified atom stereocenters. The molecule has 0 saturated heterocycles. The van der Waals surface area contributed by atoms with Crippen LogP contribution in [0.25, 0.3) is 0 Å². The van der Waals surface area contributed by atoms with Crippen LogP contribution < -0.4 is 0 Å². The van der Waals surface area contributed by atoms with E-state index in [1.807, 2.05) is 0 Å². The molecule has 0 saturated carbocycles. The molecule has 22 heavy (non-hydrogen) atoms. The lowest BCUT2D eigenvalue weighted by molar-refractivity contribution is -0.530. The molecule has 0 N–H and O–H groups in total. The maximum atomic E-state index is 12.8. The molecule has 0 heterocycles. The SMILES string of the molecule is CCOC(=O)OCC(F)(F)OC(F)(F)C(F)(F)OC(F)(F)F. The minimum atomic E-state index is -6.46. The Bertz CT molecular complexity index is 381. The standard InChI is InChI=1S/C8H7F9O5/c1-2-19-4(18)20-3-5(9,10)21-6(11,12)7(13,14)22-8(15,16)17/h2-3H2,1H3. The van der Waals surface area contributed by atoms with Crippen molar-refractivity contribution >= 4 is 6.16 Å². The summed E-state index contributed by atoms with van der Waals surface area (Å²) < 4.78 is 122. The fourth-order valence-electron chi connectivity index (χ4n) is 0.784. The van der Waals surface area contributed by atoms with Crippen LogP contribution >= 0.6 is 0 Å². The summed E-state index contributed by atoms with van der Waals surface area (Å²) in [7, 11) is 0. The highest BCUT2D eigenvalue weighted by Crippen LogP contribution is 2.43. The van der Waals surface area contributed by atoms with E-state index in [1.165, 1.54) is 6.92 Å². The molecule has 0 bridgehead atoms. The van der Waals surface area contributed by atoms with Gasteiger partial charge in [0.05, 0.1) is 6.61 Å². The van der Waals surface area contributed by atoms with Gasteiger partial charge in [-0.1, -0.05) is 0 Å². The van der Waals surface area contributed by atoms with E-state index in [-0.39, 0.29) is 6.61 Å². The molecule has 0 radical (unpaired) electrons. The number of rotatable bonds is 7. The van der Waals surface area contributed by atoms with E-state index in [0.29, 0.717) is 0 Å². The van der Waals surface area contributed by atoms with Gasteiger partial charge in [-0.2, -0.15) is 26.3 Å². The van der Waals surface area contributed by atoms with Crippen LogP contribution in [0.3, 0.4) is 0 Å². The summed E-state index contributed by atoms with van der Waals surface area (Å²) in [5.41, 5.74) is 0. The first-order chi connectivity index (χ1) is 9.62. The Morgan fingerprint density at radius 1 is 0.818 bits per heavy atom. The fraction of sp³-hybridized carbons (Fsp3) is 0.875. The lowest BCUT2D eigenvalue weighted by Gasteiger charge is -2.28. The van der Waals surface area contributed by atoms with E-state index in [2.05, 4.69) is 14.2 Å². The maximum Gasteiger partial charge on any atom is 0.527 e. The first-order valence-electron chi connectivity index (χ1n) is 5.02. The zero-order chi connectivity index (χ0) is 17.8. The van der Waals surface area contributed by atoms with Crippen LogP contribution in [-0.4, -0.2) is 44.1 Å². The van der Waals surface area contributed by atoms with Crippen LogP contribution in [0.1, 0.15) is 6.92 Å². The largest absolute Gasteiger partial charge is 0.527 e. The van der Waals surface area contributed by atoms with Crippen molar-refractivity contribution in [2.24, 2.45) is 0 Å². The first-order valence-corrected chi connectivity index (χ1v) is 5.02. The highest BCUT2D eigenvalue weighted by atomic mass is 19.4. The van der Waals surface area contributed by atoms with Crippen LogP contribution in [0.15, 0.2) is 0 Å². The van der Waals surface area contributed by atoms with Crippen molar-refractivity contribution < 1.29 is 63.3 Å². The number of alkyl halides is 9. The van der Waals surface area contributed by atoms with E-state index in [4.69, 9.17) is 0 Å². The number of hydrogen-bond acceptors (Lipinski definition) is 5. The third-order valence-corrected chi connectivity index (χ3v) is 1.48. The van der Waals surface area contributed by atoms with Crippen molar-refractivity contribution in [3.05, 3.63) is 0 Å². The summed E-state index contributed by atoms with van der Waals surface area (Å²) in [6.45, 7) is -1.44. The van der Waals surface area contributed by atoms with Gasteiger partial charge in [-0.15, -0.1) is 13.2 Å². The van der Waals surface area contributed by atoms with Crippen molar-refractivity contribution in [1.29, 1.82) is 0 Å². The lowest BCUT2D eigenvalue weighted by atomic mass is 10.5. The van der Waals surface area contributed by atoms with Crippen LogP contribution in [0, 0.1) is 0 Å². The molecule has 132 valence electrons. The summed E-state index contributed by atoms with van der Waals surface area (Å²) in [6.07, 6.45) is -26.1. The molecule has 0 rings (SSSR count). The second kappa shape index (κ2) is 6.76. The average molecular weight is 354 g/mol. The summed E-state index contributed by atoms with van der Waals surface area (Å²) in [5, 5.41) is 0. The zero-order valence-electron chi connectivity index (χ0n) is 10.4. The van der Waals surface area contributed by atoms with Gasteiger partial charge in [0, 0.05) is 0 Å². The van der Waals surface area contributed by atoms with Crippen molar-refractivity contribution in [3.63, 3.8) is 0 Å². The van der Waals surface area contributed by atoms with Gasteiger partial charge in [-0.25, -0.2) is 14.3 Å². The topological polar surface area (TPSA) is 54.0 Å². The van der Waals surface area contributed by atoms with Gasteiger partial charge < -0.3 is 9.47 Å². The van der Waals surface area contributed by atoms with E-state index in [0.717, 1.165) is 0 Å². The number of carbonyl (C=O) groups is 1. The van der Waals surface area contributed by atoms with Gasteiger partial charge in [0.25, 0.3) is 0 Å². The van der Waals surface area contributed by atoms with Gasteiger partial charge in [-0.3, -0.25) is 0 Å². The van der Waals surface area contributed by atoms with E-state index in [1.54, 1.807) is 4.74 Å². The third kappa shape index (κ3) is 7.02. The van der Waals surface area contributed by atoms with Crippen molar-refractivity contribution in [2.45, 2.75) is 31.6 Å². The van der Waals surface area contributed by atoms with E-state index >= 15 is 0 Å². The number of halogens is 9. The summed E-state index contributed by atoms with van der Waals surface area (Å²) in [4.78, 5) is 10.5. The van der Waals surface area contributed by atoms with Gasteiger partial charge in [0.1, 0.15) is 0 Å². The molecule has 0 aromatic heterocycles. The van der Waals surface area contributed by atoms with Crippen LogP contribution in [0.4, 0.5) is 44.3 Å². The predicted octanol–water partition coefficient (Wildman–Crippen LogP) is 3.49.